The highest BCUT2D eigenvalue weighted by atomic mass is 32.1. The summed E-state index contributed by atoms with van der Waals surface area (Å²) in [5.41, 5.74) is -1.50. The van der Waals surface area contributed by atoms with Crippen LogP contribution >= 0.6 is 12.6 Å². The average Bonchev–Trinajstić information content (AvgIpc) is 2.98. The van der Waals surface area contributed by atoms with Crippen LogP contribution in [0.1, 0.15) is 34.1 Å². The second kappa shape index (κ2) is 5.39. The van der Waals surface area contributed by atoms with Crippen LogP contribution in [0.2, 0.25) is 0 Å². The van der Waals surface area contributed by atoms with Crippen molar-refractivity contribution in [1.29, 1.82) is 0 Å². The van der Waals surface area contributed by atoms with Gasteiger partial charge in [-0.05, 0) is 34.1 Å². The van der Waals surface area contributed by atoms with Crippen LogP contribution in [0.25, 0.3) is 0 Å². The van der Waals surface area contributed by atoms with Crippen molar-refractivity contribution in [3.05, 3.63) is 0 Å². The molecule has 5 atom stereocenters. The summed E-state index contributed by atoms with van der Waals surface area (Å²) in [7, 11) is 6.45. The van der Waals surface area contributed by atoms with E-state index in [9.17, 15) is 0 Å². The SMILES string of the molecule is [B][C@@]1(C2OC3OC(C)(C)CC3C2(S)OCC#C)COC(C)(C)O1. The fraction of sp³-hybridized carbons (Fsp3) is 0.875. The Kier molecular flexibility index (Phi) is 4.12. The van der Waals surface area contributed by atoms with Crippen molar-refractivity contribution >= 4 is 20.5 Å². The molecular formula is C16H23BO5S. The molecule has 0 aromatic carbocycles. The minimum Gasteiger partial charge on any atom is -0.349 e. The minimum absolute atomic E-state index is 0.105. The third-order valence-electron chi connectivity index (χ3n) is 4.56. The second-order valence-electron chi connectivity index (χ2n) is 7.56. The molecule has 0 aliphatic carbocycles. The lowest BCUT2D eigenvalue weighted by atomic mass is 9.73. The minimum atomic E-state index is -1.18. The van der Waals surface area contributed by atoms with Gasteiger partial charge < -0.3 is 23.7 Å². The van der Waals surface area contributed by atoms with E-state index in [1.54, 1.807) is 13.8 Å². The van der Waals surface area contributed by atoms with E-state index in [2.05, 4.69) is 5.92 Å². The van der Waals surface area contributed by atoms with Crippen molar-refractivity contribution in [3.8, 4) is 12.3 Å². The van der Waals surface area contributed by atoms with Crippen molar-refractivity contribution in [2.45, 2.75) is 68.3 Å². The first kappa shape index (κ1) is 17.6. The molecule has 0 saturated carbocycles. The lowest BCUT2D eigenvalue weighted by Gasteiger charge is -2.41. The molecule has 0 aromatic rings. The van der Waals surface area contributed by atoms with E-state index < -0.39 is 28.6 Å². The van der Waals surface area contributed by atoms with Gasteiger partial charge >= 0.3 is 0 Å². The number of terminal acetylenes is 1. The summed E-state index contributed by atoms with van der Waals surface area (Å²) in [6.07, 6.45) is 4.96. The Bertz CT molecular complexity index is 533. The van der Waals surface area contributed by atoms with Gasteiger partial charge in [-0.3, -0.25) is 0 Å². The summed E-state index contributed by atoms with van der Waals surface area (Å²) in [5.74, 6) is 1.58. The fourth-order valence-electron chi connectivity index (χ4n) is 3.70. The highest BCUT2D eigenvalue weighted by Gasteiger charge is 2.67. The van der Waals surface area contributed by atoms with E-state index in [1.807, 2.05) is 13.8 Å². The van der Waals surface area contributed by atoms with Gasteiger partial charge in [0.25, 0.3) is 0 Å². The maximum atomic E-state index is 6.45. The predicted octanol–water partition coefficient (Wildman–Crippen LogP) is 1.45. The third kappa shape index (κ3) is 2.94. The highest BCUT2D eigenvalue weighted by Crippen LogP contribution is 2.55. The van der Waals surface area contributed by atoms with Crippen molar-refractivity contribution in [2.24, 2.45) is 5.92 Å². The number of hydrogen-bond acceptors (Lipinski definition) is 6. The van der Waals surface area contributed by atoms with E-state index in [4.69, 9.17) is 50.6 Å². The van der Waals surface area contributed by atoms with Crippen LogP contribution in [0.5, 0.6) is 0 Å². The molecule has 23 heavy (non-hydrogen) atoms. The normalized spacial score (nSPS) is 47.4. The molecule has 2 radical (unpaired) electrons. The van der Waals surface area contributed by atoms with E-state index in [1.165, 1.54) is 0 Å². The van der Waals surface area contributed by atoms with Crippen molar-refractivity contribution < 1.29 is 23.7 Å². The second-order valence-corrected chi connectivity index (χ2v) is 8.26. The monoisotopic (exact) mass is 338 g/mol. The van der Waals surface area contributed by atoms with Gasteiger partial charge in [-0.15, -0.1) is 19.1 Å². The first-order chi connectivity index (χ1) is 10.5. The van der Waals surface area contributed by atoms with Crippen LogP contribution < -0.4 is 0 Å². The summed E-state index contributed by atoms with van der Waals surface area (Å²) >= 11 is 4.81. The predicted molar refractivity (Wildman–Crippen MR) is 88.0 cm³/mol. The summed E-state index contributed by atoms with van der Waals surface area (Å²) in [6.45, 7) is 7.91. The Morgan fingerprint density at radius 1 is 1.35 bits per heavy atom. The first-order valence-electron chi connectivity index (χ1n) is 7.77. The third-order valence-corrected chi connectivity index (χ3v) is 5.26. The largest absolute Gasteiger partial charge is 0.349 e. The zero-order chi connectivity index (χ0) is 17.1. The molecule has 0 aromatic heterocycles. The molecule has 0 bridgehead atoms. The molecule has 0 spiro atoms. The molecule has 3 aliphatic rings. The number of thiol groups is 1. The maximum absolute atomic E-state index is 6.45. The highest BCUT2D eigenvalue weighted by molar-refractivity contribution is 7.81. The van der Waals surface area contributed by atoms with Crippen LogP contribution in [0, 0.1) is 18.3 Å². The molecule has 3 rings (SSSR count). The van der Waals surface area contributed by atoms with Crippen LogP contribution in [0.4, 0.5) is 0 Å². The zero-order valence-electron chi connectivity index (χ0n) is 14.0. The zero-order valence-corrected chi connectivity index (χ0v) is 14.9. The van der Waals surface area contributed by atoms with Gasteiger partial charge in [0.2, 0.25) is 0 Å². The molecule has 5 nitrogen and oxygen atoms in total. The molecule has 3 saturated heterocycles. The summed E-state index contributed by atoms with van der Waals surface area (Å²) in [6, 6.07) is 0. The van der Waals surface area contributed by atoms with Gasteiger partial charge in [-0.2, -0.15) is 0 Å². The van der Waals surface area contributed by atoms with Crippen molar-refractivity contribution in [2.75, 3.05) is 13.2 Å². The Morgan fingerprint density at radius 2 is 2.04 bits per heavy atom. The number of rotatable bonds is 3. The van der Waals surface area contributed by atoms with Gasteiger partial charge in [-0.25, -0.2) is 0 Å². The molecule has 7 heteroatoms. The van der Waals surface area contributed by atoms with Gasteiger partial charge in [0.05, 0.1) is 23.6 Å². The molecule has 4 unspecified atom stereocenters. The summed E-state index contributed by atoms with van der Waals surface area (Å²) in [5, 5.41) is 0. The number of fused-ring (bicyclic) bond motifs is 1. The standard InChI is InChI=1S/C16H23BO5S/c1-6-7-18-16(23)10-8-13(2,3)21-11(10)20-12(16)15(17)9-19-14(4,5)22-15/h1,10-12,23H,7-9H2,2-5H3/t10?,11?,12?,15-,16?/m0/s1. The van der Waals surface area contributed by atoms with Crippen LogP contribution in [0.15, 0.2) is 0 Å². The average molecular weight is 338 g/mol. The Morgan fingerprint density at radius 3 is 2.61 bits per heavy atom. The number of hydrogen-bond donors (Lipinski definition) is 1. The molecule has 3 heterocycles. The fourth-order valence-corrected chi connectivity index (χ4v) is 4.25. The van der Waals surface area contributed by atoms with E-state index in [-0.39, 0.29) is 24.7 Å². The Labute approximate surface area is 144 Å². The summed E-state index contributed by atoms with van der Waals surface area (Å²) in [4.78, 5) is -1.01. The lowest BCUT2D eigenvalue weighted by Crippen LogP contribution is -2.58. The van der Waals surface area contributed by atoms with Gasteiger partial charge in [0.15, 0.2) is 12.1 Å². The summed E-state index contributed by atoms with van der Waals surface area (Å²) < 4.78 is 29.5. The molecular weight excluding hydrogens is 315 g/mol. The van der Waals surface area contributed by atoms with Crippen LogP contribution in [-0.4, -0.2) is 55.3 Å². The van der Waals surface area contributed by atoms with Gasteiger partial charge in [-0.1, -0.05) is 5.92 Å². The van der Waals surface area contributed by atoms with E-state index in [0.717, 1.165) is 6.42 Å². The molecule has 3 aliphatic heterocycles. The van der Waals surface area contributed by atoms with Gasteiger partial charge in [0, 0.05) is 0 Å². The lowest BCUT2D eigenvalue weighted by molar-refractivity contribution is -0.213. The first-order valence-corrected chi connectivity index (χ1v) is 8.22. The molecule has 3 fully saturated rings. The molecule has 0 N–H and O–H groups in total. The Hall–Kier alpha value is -0.225. The Balaban J connectivity index is 1.90. The molecule has 0 amide bonds. The quantitative estimate of drug-likeness (QED) is 0.365. The van der Waals surface area contributed by atoms with E-state index in [0.29, 0.717) is 0 Å². The molecule has 126 valence electrons. The van der Waals surface area contributed by atoms with Crippen molar-refractivity contribution in [1.82, 2.24) is 0 Å². The number of ether oxygens (including phenoxy) is 5. The van der Waals surface area contributed by atoms with Crippen LogP contribution in [-0.2, 0) is 23.7 Å². The maximum Gasteiger partial charge on any atom is 0.165 e. The van der Waals surface area contributed by atoms with Crippen LogP contribution in [0.3, 0.4) is 0 Å². The van der Waals surface area contributed by atoms with Crippen molar-refractivity contribution in [3.63, 3.8) is 0 Å². The van der Waals surface area contributed by atoms with E-state index >= 15 is 0 Å². The topological polar surface area (TPSA) is 46.2 Å². The smallest absolute Gasteiger partial charge is 0.165 e. The van der Waals surface area contributed by atoms with Gasteiger partial charge in [0.1, 0.15) is 25.5 Å².